The lowest BCUT2D eigenvalue weighted by atomic mass is 10.1. The highest BCUT2D eigenvalue weighted by molar-refractivity contribution is 8.00. The molecule has 0 amide bonds. The number of anilines is 2. The molecule has 2 aromatic heterocycles. The van der Waals surface area contributed by atoms with Gasteiger partial charge in [0.25, 0.3) is 0 Å². The highest BCUT2D eigenvalue weighted by Gasteiger charge is 2.14. The summed E-state index contributed by atoms with van der Waals surface area (Å²) in [6.45, 7) is 1.81. The first-order chi connectivity index (χ1) is 12.5. The molecule has 1 aromatic carbocycles. The lowest BCUT2D eigenvalue weighted by molar-refractivity contribution is 0.0461. The number of aromatic nitrogens is 4. The van der Waals surface area contributed by atoms with E-state index in [4.69, 9.17) is 16.2 Å². The summed E-state index contributed by atoms with van der Waals surface area (Å²) in [7, 11) is 0. The number of benzene rings is 1. The zero-order chi connectivity index (χ0) is 18.5. The van der Waals surface area contributed by atoms with Crippen LogP contribution in [0.25, 0.3) is 0 Å². The molecule has 2 heterocycles. The summed E-state index contributed by atoms with van der Waals surface area (Å²) in [4.78, 5) is 28.3. The van der Waals surface area contributed by atoms with Crippen LogP contribution in [0.4, 0.5) is 11.9 Å². The van der Waals surface area contributed by atoms with Crippen LogP contribution in [0.1, 0.15) is 27.4 Å². The summed E-state index contributed by atoms with van der Waals surface area (Å²) < 4.78 is 6.26. The standard InChI is InChI=1S/C16H16N6O2S2/c1-9-7-25-16(19-9)26-8-10-4-2-3-5-11(10)13(23)24-6-12-20-14(17)22-15(18)21-12/h2-5,7H,6,8H2,1H3,(H4,17,18,20,21,22). The van der Waals surface area contributed by atoms with E-state index in [0.717, 1.165) is 15.6 Å². The number of ether oxygens (including phenoxy) is 1. The van der Waals surface area contributed by atoms with Gasteiger partial charge in [-0.15, -0.1) is 11.3 Å². The van der Waals surface area contributed by atoms with E-state index in [9.17, 15) is 4.79 Å². The van der Waals surface area contributed by atoms with E-state index in [1.807, 2.05) is 24.4 Å². The average molecular weight is 388 g/mol. The second-order valence-corrected chi connectivity index (χ2v) is 7.33. The molecular formula is C16H16N6O2S2. The number of nitrogens with two attached hydrogens (primary N) is 2. The fourth-order valence-corrected chi connectivity index (χ4v) is 3.97. The summed E-state index contributed by atoms with van der Waals surface area (Å²) >= 11 is 3.16. The summed E-state index contributed by atoms with van der Waals surface area (Å²) in [6.07, 6.45) is 0. The second-order valence-electron chi connectivity index (χ2n) is 5.24. The predicted octanol–water partition coefficient (Wildman–Crippen LogP) is 2.45. The Kier molecular flexibility index (Phi) is 5.64. The molecule has 4 N–H and O–H groups in total. The Morgan fingerprint density at radius 1 is 1.15 bits per heavy atom. The minimum atomic E-state index is -0.464. The third kappa shape index (κ3) is 4.67. The average Bonchev–Trinajstić information content (AvgIpc) is 3.03. The van der Waals surface area contributed by atoms with Crippen LogP contribution in [0, 0.1) is 6.92 Å². The molecule has 0 aliphatic rings. The number of rotatable bonds is 6. The van der Waals surface area contributed by atoms with Crippen molar-refractivity contribution in [2.75, 3.05) is 11.5 Å². The monoisotopic (exact) mass is 388 g/mol. The molecule has 8 nitrogen and oxygen atoms in total. The van der Waals surface area contributed by atoms with E-state index in [1.54, 1.807) is 35.2 Å². The number of hydrogen-bond acceptors (Lipinski definition) is 10. The molecule has 3 aromatic rings. The molecule has 0 atom stereocenters. The molecule has 10 heteroatoms. The molecule has 3 rings (SSSR count). The molecule has 0 unspecified atom stereocenters. The predicted molar refractivity (Wildman–Crippen MR) is 101 cm³/mol. The largest absolute Gasteiger partial charge is 0.454 e. The van der Waals surface area contributed by atoms with Crippen molar-refractivity contribution in [3.8, 4) is 0 Å². The maximum absolute atomic E-state index is 12.4. The number of nitrogen functional groups attached to an aromatic ring is 2. The number of aryl methyl sites for hydroxylation is 1. The molecule has 0 aliphatic carbocycles. The van der Waals surface area contributed by atoms with E-state index in [0.29, 0.717) is 11.3 Å². The van der Waals surface area contributed by atoms with Crippen LogP contribution in [0.5, 0.6) is 0 Å². The Bertz CT molecular complexity index is 910. The first-order valence-corrected chi connectivity index (χ1v) is 9.43. The molecule has 0 saturated carbocycles. The van der Waals surface area contributed by atoms with Crippen molar-refractivity contribution < 1.29 is 9.53 Å². The Morgan fingerprint density at radius 3 is 2.58 bits per heavy atom. The number of nitrogens with zero attached hydrogens (tertiary/aromatic N) is 4. The van der Waals surface area contributed by atoms with Gasteiger partial charge in [-0.2, -0.15) is 15.0 Å². The number of thioether (sulfide) groups is 1. The van der Waals surface area contributed by atoms with Crippen LogP contribution in [0.3, 0.4) is 0 Å². The molecule has 26 heavy (non-hydrogen) atoms. The van der Waals surface area contributed by atoms with Crippen molar-refractivity contribution in [2.24, 2.45) is 0 Å². The number of thiazole rings is 1. The first-order valence-electron chi connectivity index (χ1n) is 7.57. The van der Waals surface area contributed by atoms with Gasteiger partial charge in [-0.3, -0.25) is 0 Å². The van der Waals surface area contributed by atoms with E-state index >= 15 is 0 Å². The zero-order valence-electron chi connectivity index (χ0n) is 13.9. The van der Waals surface area contributed by atoms with Crippen molar-refractivity contribution >= 4 is 41.0 Å². The SMILES string of the molecule is Cc1csc(SCc2ccccc2C(=O)OCc2nc(N)nc(N)n2)n1. The maximum atomic E-state index is 12.4. The van der Waals surface area contributed by atoms with E-state index in [-0.39, 0.29) is 24.3 Å². The minimum absolute atomic E-state index is 0.0147. The molecule has 0 aliphatic heterocycles. The van der Waals surface area contributed by atoms with Crippen molar-refractivity contribution in [3.05, 3.63) is 52.3 Å². The Hall–Kier alpha value is -2.72. The third-order valence-electron chi connectivity index (χ3n) is 3.24. The smallest absolute Gasteiger partial charge is 0.338 e. The van der Waals surface area contributed by atoms with Gasteiger partial charge in [0.2, 0.25) is 11.9 Å². The number of carbonyl (C=O) groups is 1. The van der Waals surface area contributed by atoms with E-state index in [1.165, 1.54) is 0 Å². The van der Waals surface area contributed by atoms with Crippen LogP contribution < -0.4 is 11.5 Å². The molecule has 0 radical (unpaired) electrons. The van der Waals surface area contributed by atoms with Gasteiger partial charge in [0.05, 0.1) is 5.56 Å². The topological polar surface area (TPSA) is 130 Å². The van der Waals surface area contributed by atoms with Gasteiger partial charge in [0.1, 0.15) is 4.34 Å². The van der Waals surface area contributed by atoms with Gasteiger partial charge in [-0.1, -0.05) is 30.0 Å². The Morgan fingerprint density at radius 2 is 1.88 bits per heavy atom. The summed E-state index contributed by atoms with van der Waals surface area (Å²) in [5, 5.41) is 1.99. The molecule has 0 saturated heterocycles. The van der Waals surface area contributed by atoms with Crippen LogP contribution in [0.15, 0.2) is 34.0 Å². The lowest BCUT2D eigenvalue weighted by Gasteiger charge is -2.09. The van der Waals surface area contributed by atoms with Crippen molar-refractivity contribution in [1.29, 1.82) is 0 Å². The third-order valence-corrected chi connectivity index (χ3v) is 5.42. The summed E-state index contributed by atoms with van der Waals surface area (Å²) in [5.74, 6) is 0.324. The summed E-state index contributed by atoms with van der Waals surface area (Å²) in [5.41, 5.74) is 13.4. The number of hydrogen-bond donors (Lipinski definition) is 2. The second kappa shape index (κ2) is 8.11. The molecule has 134 valence electrons. The summed E-state index contributed by atoms with van der Waals surface area (Å²) in [6, 6.07) is 7.29. The molecular weight excluding hydrogens is 372 g/mol. The van der Waals surface area contributed by atoms with Gasteiger partial charge in [0, 0.05) is 16.8 Å². The van der Waals surface area contributed by atoms with Gasteiger partial charge in [0.15, 0.2) is 12.4 Å². The Labute approximate surface area is 158 Å². The minimum Gasteiger partial charge on any atom is -0.454 e. The normalized spacial score (nSPS) is 10.7. The van der Waals surface area contributed by atoms with Gasteiger partial charge < -0.3 is 16.2 Å². The quantitative estimate of drug-likeness (QED) is 0.483. The number of carbonyl (C=O) groups excluding carboxylic acids is 1. The molecule has 0 spiro atoms. The maximum Gasteiger partial charge on any atom is 0.338 e. The highest BCUT2D eigenvalue weighted by atomic mass is 32.2. The highest BCUT2D eigenvalue weighted by Crippen LogP contribution is 2.27. The van der Waals surface area contributed by atoms with Crippen molar-refractivity contribution in [1.82, 2.24) is 19.9 Å². The molecule has 0 bridgehead atoms. The van der Waals surface area contributed by atoms with Gasteiger partial charge >= 0.3 is 5.97 Å². The van der Waals surface area contributed by atoms with Crippen LogP contribution in [0.2, 0.25) is 0 Å². The lowest BCUT2D eigenvalue weighted by Crippen LogP contribution is -2.12. The Balaban J connectivity index is 1.67. The van der Waals surface area contributed by atoms with Crippen LogP contribution in [-0.2, 0) is 17.1 Å². The fraction of sp³-hybridized carbons (Fsp3) is 0.188. The number of esters is 1. The fourth-order valence-electron chi connectivity index (χ4n) is 2.11. The van der Waals surface area contributed by atoms with Crippen LogP contribution in [-0.4, -0.2) is 25.9 Å². The first kappa shape index (κ1) is 18.1. The van der Waals surface area contributed by atoms with Crippen LogP contribution >= 0.6 is 23.1 Å². The van der Waals surface area contributed by atoms with E-state index in [2.05, 4.69) is 19.9 Å². The van der Waals surface area contributed by atoms with Crippen molar-refractivity contribution in [3.63, 3.8) is 0 Å². The van der Waals surface area contributed by atoms with Crippen molar-refractivity contribution in [2.45, 2.75) is 23.6 Å². The zero-order valence-corrected chi connectivity index (χ0v) is 15.5. The van der Waals surface area contributed by atoms with E-state index < -0.39 is 5.97 Å². The van der Waals surface area contributed by atoms with Gasteiger partial charge in [-0.05, 0) is 18.6 Å². The van der Waals surface area contributed by atoms with Gasteiger partial charge in [-0.25, -0.2) is 9.78 Å². The molecule has 0 fully saturated rings.